The van der Waals surface area contributed by atoms with Crippen LogP contribution in [-0.4, -0.2) is 70.7 Å². The van der Waals surface area contributed by atoms with Crippen molar-refractivity contribution in [3.63, 3.8) is 0 Å². The van der Waals surface area contributed by atoms with E-state index in [1.165, 1.54) is 20.8 Å². The summed E-state index contributed by atoms with van der Waals surface area (Å²) in [5, 5.41) is 0. The molecule has 0 N–H and O–H groups in total. The molecule has 0 aromatic heterocycles. The van der Waals surface area contributed by atoms with Gasteiger partial charge in [0.05, 0.1) is 0 Å². The summed E-state index contributed by atoms with van der Waals surface area (Å²) < 4.78 is 29.0. The number of benzene rings is 1. The van der Waals surface area contributed by atoms with Crippen LogP contribution < -0.4 is 4.46 Å². The molecule has 0 radical (unpaired) electrons. The standard InChI is InChI=1S/C20H26O8Se/c1-5-24-20-19(29-15-9-7-6-8-10-15)18(27-14(4)23)17(26-13(3)22)16(28-20)11-25-12(2)21/h6-10,16-20H,5,11H2,1-4H3/t16-,17-,18+,19-,20-/m1/s1. The van der Waals surface area contributed by atoms with Gasteiger partial charge in [0.25, 0.3) is 0 Å². The van der Waals surface area contributed by atoms with Crippen LogP contribution in [0.25, 0.3) is 0 Å². The second-order valence-electron chi connectivity index (χ2n) is 6.34. The van der Waals surface area contributed by atoms with Crippen LogP contribution in [0.5, 0.6) is 0 Å². The Morgan fingerprint density at radius 2 is 1.59 bits per heavy atom. The zero-order valence-corrected chi connectivity index (χ0v) is 18.6. The molecule has 29 heavy (non-hydrogen) atoms. The van der Waals surface area contributed by atoms with Crippen LogP contribution in [0, 0.1) is 0 Å². The van der Waals surface area contributed by atoms with E-state index in [1.54, 1.807) is 0 Å². The van der Waals surface area contributed by atoms with Crippen LogP contribution in [0.1, 0.15) is 27.7 Å². The Bertz CT molecular complexity index is 695. The summed E-state index contributed by atoms with van der Waals surface area (Å²) in [4.78, 5) is 34.5. The number of esters is 3. The van der Waals surface area contributed by atoms with Gasteiger partial charge in [-0.1, -0.05) is 0 Å². The molecule has 2 rings (SSSR count). The molecule has 0 unspecified atom stereocenters. The van der Waals surface area contributed by atoms with Gasteiger partial charge < -0.3 is 0 Å². The Labute approximate surface area is 176 Å². The normalized spacial score (nSPS) is 26.4. The average Bonchev–Trinajstić information content (AvgIpc) is 2.65. The topological polar surface area (TPSA) is 97.4 Å². The Morgan fingerprint density at radius 3 is 2.14 bits per heavy atom. The second kappa shape index (κ2) is 11.3. The molecule has 1 aliphatic rings. The number of carbonyl (C=O) groups excluding carboxylic acids is 3. The van der Waals surface area contributed by atoms with E-state index in [4.69, 9.17) is 23.7 Å². The van der Waals surface area contributed by atoms with Crippen LogP contribution >= 0.6 is 0 Å². The first-order chi connectivity index (χ1) is 13.8. The molecule has 1 aromatic rings. The minimum atomic E-state index is -0.928. The molecule has 0 bridgehead atoms. The summed E-state index contributed by atoms with van der Waals surface area (Å²) in [6.07, 6.45) is -3.27. The number of rotatable bonds is 8. The molecule has 0 amide bonds. The number of hydrogen-bond donors (Lipinski definition) is 0. The molecule has 1 aliphatic heterocycles. The predicted octanol–water partition coefficient (Wildman–Crippen LogP) is 0.993. The summed E-state index contributed by atoms with van der Waals surface area (Å²) >= 11 is -0.216. The van der Waals surface area contributed by atoms with Gasteiger partial charge in [0.1, 0.15) is 0 Å². The van der Waals surface area contributed by atoms with Gasteiger partial charge in [-0.05, 0) is 0 Å². The van der Waals surface area contributed by atoms with Gasteiger partial charge in [0.15, 0.2) is 0 Å². The van der Waals surface area contributed by atoms with Crippen molar-refractivity contribution in [2.24, 2.45) is 0 Å². The molecular weight excluding hydrogens is 447 g/mol. The van der Waals surface area contributed by atoms with Crippen molar-refractivity contribution in [3.05, 3.63) is 30.3 Å². The molecule has 9 heteroatoms. The van der Waals surface area contributed by atoms with Gasteiger partial charge in [-0.3, -0.25) is 0 Å². The minimum absolute atomic E-state index is 0.153. The van der Waals surface area contributed by atoms with E-state index in [9.17, 15) is 14.4 Å². The summed E-state index contributed by atoms with van der Waals surface area (Å²) in [6.45, 7) is 5.88. The van der Waals surface area contributed by atoms with Crippen molar-refractivity contribution >= 4 is 37.3 Å². The third-order valence-electron chi connectivity index (χ3n) is 3.99. The summed E-state index contributed by atoms with van der Waals surface area (Å²) in [5.41, 5.74) is 0. The molecule has 0 aliphatic carbocycles. The first-order valence-corrected chi connectivity index (χ1v) is 11.1. The van der Waals surface area contributed by atoms with E-state index >= 15 is 0 Å². The molecule has 1 saturated heterocycles. The van der Waals surface area contributed by atoms with Crippen molar-refractivity contribution in [1.82, 2.24) is 0 Å². The van der Waals surface area contributed by atoms with Gasteiger partial charge >= 0.3 is 176 Å². The molecule has 5 atom stereocenters. The molecular formula is C20H26O8Se. The van der Waals surface area contributed by atoms with Gasteiger partial charge in [-0.15, -0.1) is 0 Å². The van der Waals surface area contributed by atoms with Crippen molar-refractivity contribution in [3.8, 4) is 0 Å². The van der Waals surface area contributed by atoms with Crippen LogP contribution in [0.2, 0.25) is 4.82 Å². The van der Waals surface area contributed by atoms with Crippen molar-refractivity contribution in [2.75, 3.05) is 13.2 Å². The van der Waals surface area contributed by atoms with Crippen LogP contribution in [0.3, 0.4) is 0 Å². The van der Waals surface area contributed by atoms with Crippen LogP contribution in [0.4, 0.5) is 0 Å². The van der Waals surface area contributed by atoms with Gasteiger partial charge in [0.2, 0.25) is 0 Å². The maximum absolute atomic E-state index is 11.9. The van der Waals surface area contributed by atoms with E-state index in [2.05, 4.69) is 0 Å². The van der Waals surface area contributed by atoms with Crippen LogP contribution in [-0.2, 0) is 38.1 Å². The zero-order chi connectivity index (χ0) is 21.4. The molecule has 1 heterocycles. The maximum atomic E-state index is 11.9. The molecule has 160 valence electrons. The average molecular weight is 473 g/mol. The SMILES string of the molecule is CCO[C@@H]1O[C@H](COC(C)=O)[C@@H](OC(C)=O)[C@H](OC(C)=O)[C@H]1[Se]c1ccccc1. The summed E-state index contributed by atoms with van der Waals surface area (Å²) in [5.74, 6) is -1.56. The first-order valence-electron chi connectivity index (χ1n) is 9.28. The Balaban J connectivity index is 2.38. The van der Waals surface area contributed by atoms with Crippen molar-refractivity contribution in [1.29, 1.82) is 0 Å². The quantitative estimate of drug-likeness (QED) is 0.313. The molecule has 1 fully saturated rings. The van der Waals surface area contributed by atoms with Crippen LogP contribution in [0.15, 0.2) is 30.3 Å². The molecule has 0 spiro atoms. The van der Waals surface area contributed by atoms with E-state index in [1.807, 2.05) is 37.3 Å². The summed E-state index contributed by atoms with van der Waals surface area (Å²) in [7, 11) is 0. The third kappa shape index (κ3) is 7.12. The Morgan fingerprint density at radius 1 is 0.966 bits per heavy atom. The van der Waals surface area contributed by atoms with Crippen molar-refractivity contribution in [2.45, 2.75) is 57.1 Å². The first kappa shape index (κ1) is 23.3. The van der Waals surface area contributed by atoms with E-state index in [0.717, 1.165) is 4.46 Å². The fraction of sp³-hybridized carbons (Fsp3) is 0.550. The second-order valence-corrected chi connectivity index (χ2v) is 8.97. The molecule has 8 nitrogen and oxygen atoms in total. The molecule has 0 saturated carbocycles. The third-order valence-corrected chi connectivity index (χ3v) is 6.73. The molecule has 1 aromatic carbocycles. The fourth-order valence-electron chi connectivity index (χ4n) is 2.95. The summed E-state index contributed by atoms with van der Waals surface area (Å²) in [6, 6.07) is 9.70. The number of carbonyl (C=O) groups is 3. The van der Waals surface area contributed by atoms with Crippen molar-refractivity contribution < 1.29 is 38.1 Å². The predicted molar refractivity (Wildman–Crippen MR) is 104 cm³/mol. The Hall–Kier alpha value is -1.93. The number of ether oxygens (including phenoxy) is 5. The van der Waals surface area contributed by atoms with Gasteiger partial charge in [-0.2, -0.15) is 0 Å². The van der Waals surface area contributed by atoms with E-state index in [-0.39, 0.29) is 26.4 Å². The van der Waals surface area contributed by atoms with Gasteiger partial charge in [-0.25, -0.2) is 0 Å². The monoisotopic (exact) mass is 474 g/mol. The van der Waals surface area contributed by atoms with Gasteiger partial charge in [0, 0.05) is 0 Å². The Kier molecular flexibility index (Phi) is 9.10. The fourth-order valence-corrected chi connectivity index (χ4v) is 5.53. The van der Waals surface area contributed by atoms with E-state index < -0.39 is 42.5 Å². The zero-order valence-electron chi connectivity index (χ0n) is 16.9. The van der Waals surface area contributed by atoms with E-state index in [0.29, 0.717) is 6.61 Å². The number of hydrogen-bond acceptors (Lipinski definition) is 8.